The van der Waals surface area contributed by atoms with E-state index in [1.165, 1.54) is 5.56 Å². The van der Waals surface area contributed by atoms with Crippen molar-refractivity contribution in [2.24, 2.45) is 0 Å². The van der Waals surface area contributed by atoms with Crippen molar-refractivity contribution in [3.05, 3.63) is 59.7 Å². The van der Waals surface area contributed by atoms with Crippen LogP contribution in [0.15, 0.2) is 48.5 Å². The zero-order valence-corrected chi connectivity index (χ0v) is 12.0. The van der Waals surface area contributed by atoms with E-state index in [2.05, 4.69) is 24.3 Å². The molecule has 1 aliphatic heterocycles. The van der Waals surface area contributed by atoms with Crippen LogP contribution in [0.2, 0.25) is 0 Å². The van der Waals surface area contributed by atoms with Gasteiger partial charge >= 0.3 is 0 Å². The van der Waals surface area contributed by atoms with Gasteiger partial charge in [0.2, 0.25) is 0 Å². The van der Waals surface area contributed by atoms with Crippen LogP contribution in [0, 0.1) is 0 Å². The van der Waals surface area contributed by atoms with Gasteiger partial charge in [0.15, 0.2) is 0 Å². The second kappa shape index (κ2) is 6.64. The molecule has 0 saturated carbocycles. The molecule has 3 nitrogen and oxygen atoms in total. The molecule has 0 aliphatic carbocycles. The largest absolute Gasteiger partial charge is 0.493 e. The zero-order valence-electron chi connectivity index (χ0n) is 12.0. The Hall–Kier alpha value is -2.00. The molecule has 1 N–H and O–H groups in total. The molecule has 0 radical (unpaired) electrons. The smallest absolute Gasteiger partial charge is 0.129 e. The predicted molar refractivity (Wildman–Crippen MR) is 81.8 cm³/mol. The average molecular weight is 284 g/mol. The second-order valence-corrected chi connectivity index (χ2v) is 5.32. The van der Waals surface area contributed by atoms with Gasteiger partial charge in [-0.1, -0.05) is 30.3 Å². The highest BCUT2D eigenvalue weighted by Gasteiger charge is 2.21. The molecule has 0 bridgehead atoms. The summed E-state index contributed by atoms with van der Waals surface area (Å²) in [5, 5.41) is 9.66. The number of fused-ring (bicyclic) bond motifs is 1. The van der Waals surface area contributed by atoms with E-state index in [4.69, 9.17) is 9.47 Å². The molecule has 3 heteroatoms. The van der Waals surface area contributed by atoms with Gasteiger partial charge in [0.25, 0.3) is 0 Å². The molecule has 0 aromatic heterocycles. The summed E-state index contributed by atoms with van der Waals surface area (Å²) in [5.74, 6) is 1.55. The first kappa shape index (κ1) is 14.0. The standard InChI is InChI=1S/C18H20O3/c19-17-13-21-18-12-15(9-10-16(17)18)20-11-5-4-8-14-6-2-1-3-7-14/h1-3,6-7,9-10,12,17,19H,4-5,8,11,13H2. The van der Waals surface area contributed by atoms with Crippen molar-refractivity contribution in [3.63, 3.8) is 0 Å². The highest BCUT2D eigenvalue weighted by atomic mass is 16.5. The van der Waals surface area contributed by atoms with E-state index in [9.17, 15) is 5.11 Å². The number of benzene rings is 2. The van der Waals surface area contributed by atoms with E-state index >= 15 is 0 Å². The summed E-state index contributed by atoms with van der Waals surface area (Å²) in [5.41, 5.74) is 2.23. The van der Waals surface area contributed by atoms with Crippen molar-refractivity contribution in [1.29, 1.82) is 0 Å². The van der Waals surface area contributed by atoms with E-state index in [-0.39, 0.29) is 0 Å². The van der Waals surface area contributed by atoms with Crippen LogP contribution < -0.4 is 9.47 Å². The molecule has 0 saturated heterocycles. The van der Waals surface area contributed by atoms with Crippen molar-refractivity contribution in [3.8, 4) is 11.5 Å². The molecule has 110 valence electrons. The third-order valence-corrected chi connectivity index (χ3v) is 3.71. The molecule has 21 heavy (non-hydrogen) atoms. The lowest BCUT2D eigenvalue weighted by atomic mass is 10.1. The van der Waals surface area contributed by atoms with Crippen LogP contribution >= 0.6 is 0 Å². The van der Waals surface area contributed by atoms with E-state index in [1.807, 2.05) is 24.3 Å². The van der Waals surface area contributed by atoms with Crippen molar-refractivity contribution >= 4 is 0 Å². The monoisotopic (exact) mass is 284 g/mol. The Bertz CT molecular complexity index is 580. The quantitative estimate of drug-likeness (QED) is 0.825. The Balaban J connectivity index is 1.42. The first-order valence-corrected chi connectivity index (χ1v) is 7.44. The van der Waals surface area contributed by atoms with Gasteiger partial charge in [0.1, 0.15) is 24.2 Å². The molecular weight excluding hydrogens is 264 g/mol. The van der Waals surface area contributed by atoms with Crippen molar-refractivity contribution in [2.45, 2.75) is 25.4 Å². The summed E-state index contributed by atoms with van der Waals surface area (Å²) in [7, 11) is 0. The molecule has 2 aromatic rings. The fourth-order valence-electron chi connectivity index (χ4n) is 2.53. The predicted octanol–water partition coefficient (Wildman–Crippen LogP) is 3.51. The first-order valence-electron chi connectivity index (χ1n) is 7.44. The lowest BCUT2D eigenvalue weighted by Gasteiger charge is -2.08. The van der Waals surface area contributed by atoms with Crippen molar-refractivity contribution < 1.29 is 14.6 Å². The molecular formula is C18H20O3. The van der Waals surface area contributed by atoms with Gasteiger partial charge in [-0.15, -0.1) is 0 Å². The summed E-state index contributed by atoms with van der Waals surface area (Å²) in [6.07, 6.45) is 2.73. The Morgan fingerprint density at radius 1 is 1.10 bits per heavy atom. The maximum Gasteiger partial charge on any atom is 0.129 e. The van der Waals surface area contributed by atoms with Crippen molar-refractivity contribution in [1.82, 2.24) is 0 Å². The summed E-state index contributed by atoms with van der Waals surface area (Å²) < 4.78 is 11.1. The van der Waals surface area contributed by atoms with E-state index < -0.39 is 6.10 Å². The molecule has 1 aliphatic rings. The Labute approximate surface area is 125 Å². The van der Waals surface area contributed by atoms with Gasteiger partial charge < -0.3 is 14.6 Å². The van der Waals surface area contributed by atoms with Crippen LogP contribution in [0.1, 0.15) is 30.1 Å². The van der Waals surface area contributed by atoms with Crippen LogP contribution in [0.4, 0.5) is 0 Å². The third kappa shape index (κ3) is 3.56. The highest BCUT2D eigenvalue weighted by Crippen LogP contribution is 2.35. The number of aryl methyl sites for hydroxylation is 1. The van der Waals surface area contributed by atoms with Gasteiger partial charge in [-0.05, 0) is 37.0 Å². The minimum atomic E-state index is -0.500. The number of unbranched alkanes of at least 4 members (excludes halogenated alkanes) is 1. The molecule has 1 unspecified atom stereocenters. The third-order valence-electron chi connectivity index (χ3n) is 3.71. The highest BCUT2D eigenvalue weighted by molar-refractivity contribution is 5.44. The molecule has 0 spiro atoms. The molecule has 1 atom stereocenters. The number of aliphatic hydroxyl groups is 1. The van der Waals surface area contributed by atoms with E-state index in [1.54, 1.807) is 0 Å². The number of rotatable bonds is 6. The summed E-state index contributed by atoms with van der Waals surface area (Å²) in [4.78, 5) is 0. The summed E-state index contributed by atoms with van der Waals surface area (Å²) in [6.45, 7) is 1.05. The topological polar surface area (TPSA) is 38.7 Å². The number of hydrogen-bond acceptors (Lipinski definition) is 3. The Kier molecular flexibility index (Phi) is 4.41. The van der Waals surface area contributed by atoms with Crippen LogP contribution in [0.3, 0.4) is 0 Å². The average Bonchev–Trinajstić information content (AvgIpc) is 2.89. The maximum absolute atomic E-state index is 9.66. The fraction of sp³-hybridized carbons (Fsp3) is 0.333. The van der Waals surface area contributed by atoms with Crippen LogP contribution in [-0.4, -0.2) is 18.3 Å². The van der Waals surface area contributed by atoms with Crippen molar-refractivity contribution in [2.75, 3.05) is 13.2 Å². The molecule has 3 rings (SSSR count). The Morgan fingerprint density at radius 3 is 2.81 bits per heavy atom. The summed E-state index contributed by atoms with van der Waals surface area (Å²) >= 11 is 0. The normalized spacial score (nSPS) is 16.3. The number of aliphatic hydroxyl groups excluding tert-OH is 1. The molecule has 2 aromatic carbocycles. The van der Waals surface area contributed by atoms with Crippen LogP contribution in [-0.2, 0) is 6.42 Å². The maximum atomic E-state index is 9.66. The molecule has 0 fully saturated rings. The van der Waals surface area contributed by atoms with E-state index in [0.29, 0.717) is 13.2 Å². The van der Waals surface area contributed by atoms with E-state index in [0.717, 1.165) is 36.3 Å². The number of hydrogen-bond donors (Lipinski definition) is 1. The van der Waals surface area contributed by atoms with Gasteiger partial charge in [-0.2, -0.15) is 0 Å². The van der Waals surface area contributed by atoms with Gasteiger partial charge in [-0.25, -0.2) is 0 Å². The Morgan fingerprint density at radius 2 is 1.95 bits per heavy atom. The minimum Gasteiger partial charge on any atom is -0.493 e. The number of ether oxygens (including phenoxy) is 2. The molecule has 0 amide bonds. The lowest BCUT2D eigenvalue weighted by molar-refractivity contribution is 0.140. The summed E-state index contributed by atoms with van der Waals surface area (Å²) in [6, 6.07) is 16.1. The lowest BCUT2D eigenvalue weighted by Crippen LogP contribution is -1.98. The fourth-order valence-corrected chi connectivity index (χ4v) is 2.53. The van der Waals surface area contributed by atoms with Crippen LogP contribution in [0.5, 0.6) is 11.5 Å². The van der Waals surface area contributed by atoms with Gasteiger partial charge in [0.05, 0.1) is 6.61 Å². The molecule has 1 heterocycles. The first-order chi connectivity index (χ1) is 10.3. The SMILES string of the molecule is OC1COc2cc(OCCCCc3ccccc3)ccc21. The van der Waals surface area contributed by atoms with Crippen LogP contribution in [0.25, 0.3) is 0 Å². The van der Waals surface area contributed by atoms with Gasteiger partial charge in [-0.3, -0.25) is 0 Å². The van der Waals surface area contributed by atoms with Gasteiger partial charge in [0, 0.05) is 11.6 Å². The minimum absolute atomic E-state index is 0.343. The second-order valence-electron chi connectivity index (χ2n) is 5.32. The zero-order chi connectivity index (χ0) is 14.5.